The summed E-state index contributed by atoms with van der Waals surface area (Å²) in [6, 6.07) is 5.37. The van der Waals surface area contributed by atoms with Crippen molar-refractivity contribution < 1.29 is 14.4 Å². The quantitative estimate of drug-likeness (QED) is 0.667. The fourth-order valence-electron chi connectivity index (χ4n) is 3.53. The molecular formula is C21H31N5O3. The molecule has 29 heavy (non-hydrogen) atoms. The topological polar surface area (TPSA) is 93.8 Å². The number of hydrogen-bond acceptors (Lipinski definition) is 5. The minimum atomic E-state index is -0.411. The molecule has 1 aliphatic heterocycles. The molecule has 158 valence electrons. The third kappa shape index (κ3) is 6.01. The van der Waals surface area contributed by atoms with Crippen molar-refractivity contribution in [3.63, 3.8) is 0 Å². The van der Waals surface area contributed by atoms with Crippen LogP contribution < -0.4 is 16.0 Å². The molecule has 3 rings (SSSR count). The number of hydrogen-bond donors (Lipinski definition) is 3. The van der Waals surface area contributed by atoms with Crippen molar-refractivity contribution in [3.8, 4) is 0 Å². The molecule has 1 heterocycles. The van der Waals surface area contributed by atoms with E-state index < -0.39 is 6.03 Å². The van der Waals surface area contributed by atoms with E-state index in [1.807, 2.05) is 43.9 Å². The molecular weight excluding hydrogens is 370 g/mol. The van der Waals surface area contributed by atoms with Crippen molar-refractivity contribution in [2.24, 2.45) is 0 Å². The molecule has 2 aliphatic rings. The molecule has 2 fully saturated rings. The van der Waals surface area contributed by atoms with Gasteiger partial charge in [-0.15, -0.1) is 0 Å². The fraction of sp³-hybridized carbons (Fsp3) is 0.571. The van der Waals surface area contributed by atoms with E-state index in [2.05, 4.69) is 20.9 Å². The zero-order chi connectivity index (χ0) is 21.0. The Morgan fingerprint density at radius 1 is 1.07 bits per heavy atom. The van der Waals surface area contributed by atoms with Crippen molar-refractivity contribution >= 4 is 23.5 Å². The van der Waals surface area contributed by atoms with E-state index in [0.29, 0.717) is 32.7 Å². The Hall–Kier alpha value is -2.45. The van der Waals surface area contributed by atoms with Crippen LogP contribution in [-0.4, -0.2) is 72.5 Å². The molecule has 0 spiro atoms. The van der Waals surface area contributed by atoms with Gasteiger partial charge in [0.2, 0.25) is 11.8 Å². The van der Waals surface area contributed by atoms with Gasteiger partial charge in [0.05, 0.1) is 12.6 Å². The molecule has 1 aromatic rings. The van der Waals surface area contributed by atoms with Crippen LogP contribution in [0.15, 0.2) is 18.2 Å². The van der Waals surface area contributed by atoms with Crippen LogP contribution in [-0.2, 0) is 9.59 Å². The maximum absolute atomic E-state index is 12.4. The molecule has 0 aromatic heterocycles. The van der Waals surface area contributed by atoms with Crippen molar-refractivity contribution in [2.75, 3.05) is 38.0 Å². The minimum absolute atomic E-state index is 0.0293. The number of benzene rings is 1. The standard InChI is InChI=1S/C21H31N5O3/c1-14-5-4-6-15(2)19(14)23-18(27)13-25-9-11-26(12-10-25)16(3)20(28)24-21(29)22-17-7-8-17/h4-6,16-17H,7-13H2,1-3H3,(H,23,27)(H2,22,24,28,29). The lowest BCUT2D eigenvalue weighted by atomic mass is 10.1. The zero-order valence-electron chi connectivity index (χ0n) is 17.5. The minimum Gasteiger partial charge on any atom is -0.335 e. The summed E-state index contributed by atoms with van der Waals surface area (Å²) in [6.07, 6.45) is 1.96. The Morgan fingerprint density at radius 2 is 1.69 bits per heavy atom. The monoisotopic (exact) mass is 401 g/mol. The predicted octanol–water partition coefficient (Wildman–Crippen LogP) is 1.24. The van der Waals surface area contributed by atoms with Gasteiger partial charge in [-0.2, -0.15) is 0 Å². The van der Waals surface area contributed by atoms with Gasteiger partial charge in [0.25, 0.3) is 0 Å². The number of urea groups is 1. The number of nitrogens with zero attached hydrogens (tertiary/aromatic N) is 2. The molecule has 4 amide bonds. The molecule has 8 heteroatoms. The number of rotatable bonds is 6. The summed E-state index contributed by atoms with van der Waals surface area (Å²) >= 11 is 0. The van der Waals surface area contributed by atoms with Crippen molar-refractivity contribution in [3.05, 3.63) is 29.3 Å². The molecule has 1 atom stereocenters. The molecule has 3 N–H and O–H groups in total. The highest BCUT2D eigenvalue weighted by molar-refractivity contribution is 5.97. The van der Waals surface area contributed by atoms with Gasteiger partial charge in [-0.1, -0.05) is 18.2 Å². The van der Waals surface area contributed by atoms with Crippen LogP contribution in [0.1, 0.15) is 30.9 Å². The Kier molecular flexibility index (Phi) is 6.87. The maximum Gasteiger partial charge on any atom is 0.321 e. The first-order valence-corrected chi connectivity index (χ1v) is 10.3. The Labute approximate surface area is 172 Å². The van der Waals surface area contributed by atoms with Crippen LogP contribution in [0.5, 0.6) is 0 Å². The lowest BCUT2D eigenvalue weighted by Crippen LogP contribution is -2.56. The summed E-state index contributed by atoms with van der Waals surface area (Å²) in [5.74, 6) is -0.317. The molecule has 0 radical (unpaired) electrons. The molecule has 1 unspecified atom stereocenters. The van der Waals surface area contributed by atoms with Crippen molar-refractivity contribution in [2.45, 2.75) is 45.7 Å². The number of anilines is 1. The average Bonchev–Trinajstić information content (AvgIpc) is 3.48. The predicted molar refractivity (Wildman–Crippen MR) is 112 cm³/mol. The van der Waals surface area contributed by atoms with Gasteiger partial charge < -0.3 is 10.6 Å². The van der Waals surface area contributed by atoms with Gasteiger partial charge in [0.15, 0.2) is 0 Å². The van der Waals surface area contributed by atoms with Crippen LogP contribution in [0.3, 0.4) is 0 Å². The number of carbonyl (C=O) groups is 3. The first-order valence-electron chi connectivity index (χ1n) is 10.3. The summed E-state index contributed by atoms with van der Waals surface area (Å²) in [4.78, 5) is 40.6. The van der Waals surface area contributed by atoms with E-state index in [9.17, 15) is 14.4 Å². The molecule has 0 bridgehead atoms. The van der Waals surface area contributed by atoms with Gasteiger partial charge in [-0.05, 0) is 44.7 Å². The highest BCUT2D eigenvalue weighted by Crippen LogP contribution is 2.19. The van der Waals surface area contributed by atoms with Crippen LogP contribution in [0, 0.1) is 13.8 Å². The third-order valence-electron chi connectivity index (χ3n) is 5.60. The molecule has 1 aromatic carbocycles. The number of piperazine rings is 1. The van der Waals surface area contributed by atoms with Gasteiger partial charge >= 0.3 is 6.03 Å². The van der Waals surface area contributed by atoms with E-state index in [4.69, 9.17) is 0 Å². The van der Waals surface area contributed by atoms with Crippen LogP contribution in [0.2, 0.25) is 0 Å². The van der Waals surface area contributed by atoms with E-state index >= 15 is 0 Å². The average molecular weight is 402 g/mol. The normalized spacial score (nSPS) is 18.7. The van der Waals surface area contributed by atoms with Gasteiger partial charge in [-0.25, -0.2) is 4.79 Å². The van der Waals surface area contributed by atoms with Gasteiger partial charge in [-0.3, -0.25) is 24.7 Å². The zero-order valence-corrected chi connectivity index (χ0v) is 17.5. The fourth-order valence-corrected chi connectivity index (χ4v) is 3.53. The van der Waals surface area contributed by atoms with Gasteiger partial charge in [0.1, 0.15) is 0 Å². The summed E-state index contributed by atoms with van der Waals surface area (Å²) < 4.78 is 0. The smallest absolute Gasteiger partial charge is 0.321 e. The maximum atomic E-state index is 12.4. The first-order chi connectivity index (χ1) is 13.8. The number of carbonyl (C=O) groups excluding carboxylic acids is 3. The van der Waals surface area contributed by atoms with E-state index in [-0.39, 0.29) is 23.9 Å². The lowest BCUT2D eigenvalue weighted by Gasteiger charge is -2.37. The SMILES string of the molecule is Cc1cccc(C)c1NC(=O)CN1CCN(C(C)C(=O)NC(=O)NC2CC2)CC1. The number of aryl methyl sites for hydroxylation is 2. The number of amides is 4. The Balaban J connectivity index is 1.41. The second kappa shape index (κ2) is 9.37. The van der Waals surface area contributed by atoms with E-state index in [1.54, 1.807) is 0 Å². The summed E-state index contributed by atoms with van der Waals surface area (Å²) in [7, 11) is 0. The Bertz CT molecular complexity index is 749. The van der Waals surface area contributed by atoms with E-state index in [1.165, 1.54) is 0 Å². The number of imide groups is 1. The van der Waals surface area contributed by atoms with Crippen molar-refractivity contribution in [1.82, 2.24) is 20.4 Å². The lowest BCUT2D eigenvalue weighted by molar-refractivity contribution is -0.126. The van der Waals surface area contributed by atoms with Crippen LogP contribution in [0.4, 0.5) is 10.5 Å². The van der Waals surface area contributed by atoms with Gasteiger partial charge in [0, 0.05) is 37.9 Å². The molecule has 1 saturated carbocycles. The number of para-hydroxylation sites is 1. The molecule has 1 aliphatic carbocycles. The summed E-state index contributed by atoms with van der Waals surface area (Å²) in [5, 5.41) is 8.20. The summed E-state index contributed by atoms with van der Waals surface area (Å²) in [6.45, 7) is 8.86. The molecule has 8 nitrogen and oxygen atoms in total. The largest absolute Gasteiger partial charge is 0.335 e. The Morgan fingerprint density at radius 3 is 2.28 bits per heavy atom. The third-order valence-corrected chi connectivity index (χ3v) is 5.60. The second-order valence-corrected chi connectivity index (χ2v) is 8.04. The van der Waals surface area contributed by atoms with Crippen molar-refractivity contribution in [1.29, 1.82) is 0 Å². The van der Waals surface area contributed by atoms with E-state index in [0.717, 1.165) is 29.7 Å². The first kappa shape index (κ1) is 21.3. The molecule has 1 saturated heterocycles. The summed E-state index contributed by atoms with van der Waals surface area (Å²) in [5.41, 5.74) is 2.98. The second-order valence-electron chi connectivity index (χ2n) is 8.04. The van der Waals surface area contributed by atoms with Crippen LogP contribution >= 0.6 is 0 Å². The highest BCUT2D eigenvalue weighted by atomic mass is 16.2. The highest BCUT2D eigenvalue weighted by Gasteiger charge is 2.29. The number of nitrogens with one attached hydrogen (secondary N) is 3. The van der Waals surface area contributed by atoms with Crippen LogP contribution in [0.25, 0.3) is 0 Å².